The van der Waals surface area contributed by atoms with E-state index in [4.69, 9.17) is 0 Å². The molecule has 0 unspecified atom stereocenters. The van der Waals surface area contributed by atoms with Crippen molar-refractivity contribution in [1.29, 1.82) is 0 Å². The second-order valence-corrected chi connectivity index (χ2v) is 4.36. The van der Waals surface area contributed by atoms with Crippen molar-refractivity contribution in [3.8, 4) is 0 Å². The summed E-state index contributed by atoms with van der Waals surface area (Å²) < 4.78 is 0. The number of hydrogen-bond donors (Lipinski definition) is 1. The van der Waals surface area contributed by atoms with Crippen molar-refractivity contribution in [3.05, 3.63) is 23.8 Å². The van der Waals surface area contributed by atoms with Gasteiger partial charge in [0.1, 0.15) is 5.82 Å². The molecule has 0 atom stereocenters. The molecule has 0 aliphatic heterocycles. The predicted octanol–water partition coefficient (Wildman–Crippen LogP) is 2.06. The van der Waals surface area contributed by atoms with Gasteiger partial charge >= 0.3 is 0 Å². The number of aryl methyl sites for hydroxylation is 1. The van der Waals surface area contributed by atoms with Gasteiger partial charge < -0.3 is 5.32 Å². The average molecular weight is 205 g/mol. The minimum Gasteiger partial charge on any atom is -0.311 e. The molecule has 1 aliphatic rings. The number of aromatic nitrogens is 2. The van der Waals surface area contributed by atoms with Gasteiger partial charge in [-0.1, -0.05) is 19.3 Å². The first-order valence-corrected chi connectivity index (χ1v) is 5.84. The third-order valence-corrected chi connectivity index (χ3v) is 3.09. The van der Waals surface area contributed by atoms with Gasteiger partial charge in [-0.05, 0) is 31.9 Å². The molecule has 0 bridgehead atoms. The van der Waals surface area contributed by atoms with Gasteiger partial charge in [0.25, 0.3) is 0 Å². The van der Waals surface area contributed by atoms with Crippen molar-refractivity contribution in [2.24, 2.45) is 5.92 Å². The van der Waals surface area contributed by atoms with E-state index in [9.17, 15) is 0 Å². The van der Waals surface area contributed by atoms with Gasteiger partial charge in [-0.25, -0.2) is 9.97 Å². The van der Waals surface area contributed by atoms with Crippen molar-refractivity contribution < 1.29 is 0 Å². The number of rotatable bonds is 5. The first-order valence-electron chi connectivity index (χ1n) is 5.84. The van der Waals surface area contributed by atoms with Gasteiger partial charge in [0.2, 0.25) is 0 Å². The molecule has 0 spiro atoms. The monoisotopic (exact) mass is 205 g/mol. The van der Waals surface area contributed by atoms with E-state index in [2.05, 4.69) is 15.3 Å². The highest BCUT2D eigenvalue weighted by molar-refractivity contribution is 5.00. The van der Waals surface area contributed by atoms with E-state index in [1.807, 2.05) is 19.2 Å². The normalized spacial score (nSPS) is 16.3. The quantitative estimate of drug-likeness (QED) is 0.748. The maximum absolute atomic E-state index is 4.35. The Hall–Kier alpha value is -0.960. The van der Waals surface area contributed by atoms with E-state index in [0.717, 1.165) is 30.5 Å². The zero-order valence-corrected chi connectivity index (χ0v) is 9.37. The fourth-order valence-corrected chi connectivity index (χ4v) is 1.91. The molecule has 3 nitrogen and oxygen atoms in total. The first kappa shape index (κ1) is 10.6. The van der Waals surface area contributed by atoms with E-state index >= 15 is 0 Å². The smallest absolute Gasteiger partial charge is 0.125 e. The molecule has 1 aromatic heterocycles. The molecule has 0 aromatic carbocycles. The molecule has 2 rings (SSSR count). The predicted molar refractivity (Wildman–Crippen MR) is 60.4 cm³/mol. The molecule has 1 aromatic rings. The molecule has 1 saturated carbocycles. The Bertz CT molecular complexity index is 307. The van der Waals surface area contributed by atoms with Crippen molar-refractivity contribution in [1.82, 2.24) is 15.3 Å². The van der Waals surface area contributed by atoms with E-state index in [1.165, 1.54) is 25.7 Å². The summed E-state index contributed by atoms with van der Waals surface area (Å²) in [5.74, 6) is 1.85. The molecule has 1 aliphatic carbocycles. The van der Waals surface area contributed by atoms with Crippen LogP contribution in [-0.4, -0.2) is 16.5 Å². The molecule has 1 fully saturated rings. The molecule has 82 valence electrons. The third kappa shape index (κ3) is 3.27. The standard InChI is InChI=1S/C12H19N3/c1-10-14-8-6-12(15-10)9-13-7-5-11-3-2-4-11/h6,8,11,13H,2-5,7,9H2,1H3. The number of nitrogens with zero attached hydrogens (tertiary/aromatic N) is 2. The fourth-order valence-electron chi connectivity index (χ4n) is 1.91. The summed E-state index contributed by atoms with van der Waals surface area (Å²) >= 11 is 0. The molecule has 0 radical (unpaired) electrons. The molecule has 1 heterocycles. The Kier molecular flexibility index (Phi) is 3.67. The minimum absolute atomic E-state index is 0.855. The lowest BCUT2D eigenvalue weighted by atomic mass is 9.83. The largest absolute Gasteiger partial charge is 0.311 e. The molecule has 1 N–H and O–H groups in total. The summed E-state index contributed by atoms with van der Waals surface area (Å²) in [6, 6.07) is 1.98. The second-order valence-electron chi connectivity index (χ2n) is 4.36. The van der Waals surface area contributed by atoms with E-state index < -0.39 is 0 Å². The summed E-state index contributed by atoms with van der Waals surface area (Å²) in [4.78, 5) is 8.43. The minimum atomic E-state index is 0.855. The Balaban J connectivity index is 1.64. The van der Waals surface area contributed by atoms with Crippen LogP contribution in [0.3, 0.4) is 0 Å². The summed E-state index contributed by atoms with van der Waals surface area (Å²) in [7, 11) is 0. The number of nitrogens with one attached hydrogen (secondary N) is 1. The lowest BCUT2D eigenvalue weighted by Gasteiger charge is -2.25. The van der Waals surface area contributed by atoms with Crippen LogP contribution in [0.25, 0.3) is 0 Å². The summed E-state index contributed by atoms with van der Waals surface area (Å²) in [6.07, 6.45) is 7.47. The molecule has 0 saturated heterocycles. The van der Waals surface area contributed by atoms with Crippen molar-refractivity contribution >= 4 is 0 Å². The van der Waals surface area contributed by atoms with Gasteiger partial charge in [-0.15, -0.1) is 0 Å². The maximum atomic E-state index is 4.35. The van der Waals surface area contributed by atoms with E-state index in [-0.39, 0.29) is 0 Å². The van der Waals surface area contributed by atoms with Crippen LogP contribution in [0.1, 0.15) is 37.2 Å². The lowest BCUT2D eigenvalue weighted by molar-refractivity contribution is 0.292. The zero-order chi connectivity index (χ0) is 10.5. The summed E-state index contributed by atoms with van der Waals surface area (Å²) in [5.41, 5.74) is 1.09. The first-order chi connectivity index (χ1) is 7.34. The van der Waals surface area contributed by atoms with Crippen LogP contribution in [0, 0.1) is 12.8 Å². The van der Waals surface area contributed by atoms with Crippen molar-refractivity contribution in [2.75, 3.05) is 6.54 Å². The molecular formula is C12H19N3. The van der Waals surface area contributed by atoms with E-state index in [1.54, 1.807) is 0 Å². The maximum Gasteiger partial charge on any atom is 0.125 e. The Morgan fingerprint density at radius 1 is 1.47 bits per heavy atom. The Labute approximate surface area is 91.3 Å². The number of hydrogen-bond acceptors (Lipinski definition) is 3. The van der Waals surface area contributed by atoms with Gasteiger partial charge in [0, 0.05) is 12.7 Å². The van der Waals surface area contributed by atoms with Crippen molar-refractivity contribution in [3.63, 3.8) is 0 Å². The third-order valence-electron chi connectivity index (χ3n) is 3.09. The SMILES string of the molecule is Cc1nccc(CNCCC2CCC2)n1. The molecule has 15 heavy (non-hydrogen) atoms. The highest BCUT2D eigenvalue weighted by Crippen LogP contribution is 2.28. The molecular weight excluding hydrogens is 186 g/mol. The van der Waals surface area contributed by atoms with Gasteiger partial charge in [0.15, 0.2) is 0 Å². The van der Waals surface area contributed by atoms with Crippen molar-refractivity contribution in [2.45, 2.75) is 39.2 Å². The topological polar surface area (TPSA) is 37.8 Å². The van der Waals surface area contributed by atoms with Gasteiger partial charge in [-0.2, -0.15) is 0 Å². The fraction of sp³-hybridized carbons (Fsp3) is 0.667. The van der Waals surface area contributed by atoms with Gasteiger partial charge in [0.05, 0.1) is 5.69 Å². The average Bonchev–Trinajstić information content (AvgIpc) is 2.15. The highest BCUT2D eigenvalue weighted by atomic mass is 14.9. The van der Waals surface area contributed by atoms with Crippen LogP contribution in [0.4, 0.5) is 0 Å². The Morgan fingerprint density at radius 2 is 2.33 bits per heavy atom. The zero-order valence-electron chi connectivity index (χ0n) is 9.37. The summed E-state index contributed by atoms with van der Waals surface area (Å²) in [5, 5.41) is 3.44. The van der Waals surface area contributed by atoms with Crippen LogP contribution in [0.15, 0.2) is 12.3 Å². The second kappa shape index (κ2) is 5.21. The van der Waals surface area contributed by atoms with E-state index in [0.29, 0.717) is 0 Å². The van der Waals surface area contributed by atoms with Crippen LogP contribution >= 0.6 is 0 Å². The molecule has 0 amide bonds. The summed E-state index contributed by atoms with van der Waals surface area (Å²) in [6.45, 7) is 3.92. The molecule has 3 heteroatoms. The van der Waals surface area contributed by atoms with Crippen LogP contribution in [-0.2, 0) is 6.54 Å². The Morgan fingerprint density at radius 3 is 3.00 bits per heavy atom. The van der Waals surface area contributed by atoms with Gasteiger partial charge in [-0.3, -0.25) is 0 Å². The highest BCUT2D eigenvalue weighted by Gasteiger charge is 2.16. The lowest BCUT2D eigenvalue weighted by Crippen LogP contribution is -2.21. The van der Waals surface area contributed by atoms with Crippen LogP contribution in [0.2, 0.25) is 0 Å². The van der Waals surface area contributed by atoms with Crippen LogP contribution < -0.4 is 5.32 Å². The van der Waals surface area contributed by atoms with Crippen LogP contribution in [0.5, 0.6) is 0 Å².